The third-order valence-electron chi connectivity index (χ3n) is 3.83. The van der Waals surface area contributed by atoms with E-state index in [1.807, 2.05) is 6.07 Å². The average Bonchev–Trinajstić information content (AvgIpc) is 2.99. The molecule has 5 heteroatoms. The van der Waals surface area contributed by atoms with E-state index < -0.39 is 0 Å². The lowest BCUT2D eigenvalue weighted by atomic mass is 9.99. The van der Waals surface area contributed by atoms with Crippen LogP contribution in [-0.4, -0.2) is 41.6 Å². The number of nitrogens with zero attached hydrogens (tertiary/aromatic N) is 3. The second-order valence-corrected chi connectivity index (χ2v) is 5.29. The first-order valence-electron chi connectivity index (χ1n) is 6.72. The lowest BCUT2D eigenvalue weighted by Crippen LogP contribution is -2.28. The number of hydrogen-bond acceptors (Lipinski definition) is 3. The summed E-state index contributed by atoms with van der Waals surface area (Å²) >= 11 is 0. The molecule has 0 saturated carbocycles. The van der Waals surface area contributed by atoms with E-state index in [4.69, 9.17) is 0 Å². The first-order chi connectivity index (χ1) is 9.65. The number of H-pyrrole nitrogens is 1. The van der Waals surface area contributed by atoms with Crippen molar-refractivity contribution in [1.29, 1.82) is 0 Å². The molecular formula is C15H18N4O. The number of carbonyl (C=O) groups is 1. The highest BCUT2D eigenvalue weighted by Gasteiger charge is 2.18. The van der Waals surface area contributed by atoms with Crippen molar-refractivity contribution in [2.45, 2.75) is 13.0 Å². The Morgan fingerprint density at radius 1 is 1.40 bits per heavy atom. The number of carbonyl (C=O) groups excluding carboxylic acids is 1. The van der Waals surface area contributed by atoms with Gasteiger partial charge in [0.15, 0.2) is 0 Å². The number of hydrogen-bond donors (Lipinski definition) is 1. The molecule has 0 bridgehead atoms. The number of likely N-dealkylation sites (N-methyl/N-ethyl adjacent to an activating group) is 1. The molecule has 1 aromatic heterocycles. The molecule has 0 aliphatic carbocycles. The standard InChI is InChI=1S/C15H18N4O/c1-18-6-5-11-3-4-14(7-12(11)10-18)19(2)15(20)13-8-16-17-9-13/h3-4,7-9H,5-6,10H2,1-2H3,(H,16,17). The topological polar surface area (TPSA) is 52.2 Å². The maximum atomic E-state index is 12.3. The number of nitrogens with one attached hydrogen (secondary N) is 1. The van der Waals surface area contributed by atoms with E-state index in [-0.39, 0.29) is 5.91 Å². The zero-order valence-corrected chi connectivity index (χ0v) is 11.8. The molecule has 0 saturated heterocycles. The SMILES string of the molecule is CN1CCc2ccc(N(C)C(=O)c3cn[nH]c3)cc2C1. The van der Waals surface area contributed by atoms with E-state index in [2.05, 4.69) is 34.3 Å². The Hall–Kier alpha value is -2.14. The lowest BCUT2D eigenvalue weighted by molar-refractivity contribution is 0.0993. The van der Waals surface area contributed by atoms with Crippen molar-refractivity contribution < 1.29 is 4.79 Å². The van der Waals surface area contributed by atoms with Gasteiger partial charge in [0.1, 0.15) is 0 Å². The molecular weight excluding hydrogens is 252 g/mol. The minimum atomic E-state index is -0.0529. The van der Waals surface area contributed by atoms with Crippen molar-refractivity contribution in [2.75, 3.05) is 25.5 Å². The van der Waals surface area contributed by atoms with E-state index in [0.29, 0.717) is 5.56 Å². The second-order valence-electron chi connectivity index (χ2n) is 5.29. The fourth-order valence-corrected chi connectivity index (χ4v) is 2.57. The van der Waals surface area contributed by atoms with Crippen molar-refractivity contribution >= 4 is 11.6 Å². The maximum absolute atomic E-state index is 12.3. The zero-order chi connectivity index (χ0) is 14.1. The molecule has 1 N–H and O–H groups in total. The Bertz CT molecular complexity index is 621. The fraction of sp³-hybridized carbons (Fsp3) is 0.333. The molecule has 1 amide bonds. The van der Waals surface area contributed by atoms with Crippen LogP contribution in [0.3, 0.4) is 0 Å². The van der Waals surface area contributed by atoms with E-state index in [1.165, 1.54) is 11.1 Å². The van der Waals surface area contributed by atoms with Gasteiger partial charge in [-0.15, -0.1) is 0 Å². The van der Waals surface area contributed by atoms with Crippen LogP contribution in [0.1, 0.15) is 21.5 Å². The molecule has 0 fully saturated rings. The Kier molecular flexibility index (Phi) is 3.28. The first-order valence-corrected chi connectivity index (χ1v) is 6.72. The molecule has 20 heavy (non-hydrogen) atoms. The fourth-order valence-electron chi connectivity index (χ4n) is 2.57. The number of benzene rings is 1. The number of anilines is 1. The quantitative estimate of drug-likeness (QED) is 0.903. The maximum Gasteiger partial charge on any atom is 0.261 e. The van der Waals surface area contributed by atoms with E-state index >= 15 is 0 Å². The molecule has 0 radical (unpaired) electrons. The molecule has 0 unspecified atom stereocenters. The summed E-state index contributed by atoms with van der Waals surface area (Å²) in [7, 11) is 3.92. The largest absolute Gasteiger partial charge is 0.311 e. The molecule has 5 nitrogen and oxygen atoms in total. The summed E-state index contributed by atoms with van der Waals surface area (Å²) < 4.78 is 0. The zero-order valence-electron chi connectivity index (χ0n) is 11.8. The van der Waals surface area contributed by atoms with E-state index in [9.17, 15) is 4.79 Å². The summed E-state index contributed by atoms with van der Waals surface area (Å²) in [6, 6.07) is 6.27. The minimum Gasteiger partial charge on any atom is -0.311 e. The summed E-state index contributed by atoms with van der Waals surface area (Å²) in [6.45, 7) is 2.03. The Labute approximate surface area is 118 Å². The average molecular weight is 270 g/mol. The van der Waals surface area contributed by atoms with Gasteiger partial charge in [-0.1, -0.05) is 6.07 Å². The van der Waals surface area contributed by atoms with Crippen molar-refractivity contribution in [2.24, 2.45) is 0 Å². The molecule has 3 rings (SSSR count). The van der Waals surface area contributed by atoms with Gasteiger partial charge in [0.25, 0.3) is 5.91 Å². The Morgan fingerprint density at radius 2 is 2.25 bits per heavy atom. The Morgan fingerprint density at radius 3 is 3.00 bits per heavy atom. The minimum absolute atomic E-state index is 0.0529. The van der Waals surface area contributed by atoms with Crippen molar-refractivity contribution in [3.05, 3.63) is 47.3 Å². The van der Waals surface area contributed by atoms with Gasteiger partial charge in [0.05, 0.1) is 11.8 Å². The molecule has 0 spiro atoms. The van der Waals surface area contributed by atoms with Crippen LogP contribution in [0.2, 0.25) is 0 Å². The number of aromatic nitrogens is 2. The summed E-state index contributed by atoms with van der Waals surface area (Å²) in [5.74, 6) is -0.0529. The van der Waals surface area contributed by atoms with Gasteiger partial charge in [-0.2, -0.15) is 5.10 Å². The summed E-state index contributed by atoms with van der Waals surface area (Å²) in [6.07, 6.45) is 4.24. The number of rotatable bonds is 2. The van der Waals surface area contributed by atoms with Crippen molar-refractivity contribution in [3.8, 4) is 0 Å². The van der Waals surface area contributed by atoms with Crippen LogP contribution in [0.5, 0.6) is 0 Å². The Balaban J connectivity index is 1.87. The van der Waals surface area contributed by atoms with E-state index in [1.54, 1.807) is 24.3 Å². The van der Waals surface area contributed by atoms with Crippen LogP contribution in [0, 0.1) is 0 Å². The smallest absolute Gasteiger partial charge is 0.261 e. The predicted molar refractivity (Wildman–Crippen MR) is 77.8 cm³/mol. The van der Waals surface area contributed by atoms with Gasteiger partial charge in [-0.05, 0) is 36.7 Å². The summed E-state index contributed by atoms with van der Waals surface area (Å²) in [4.78, 5) is 16.3. The van der Waals surface area contributed by atoms with Crippen LogP contribution in [-0.2, 0) is 13.0 Å². The first kappa shape index (κ1) is 12.9. The van der Waals surface area contributed by atoms with Gasteiger partial charge in [0.2, 0.25) is 0 Å². The van der Waals surface area contributed by atoms with Gasteiger partial charge < -0.3 is 9.80 Å². The molecule has 0 atom stereocenters. The molecule has 1 aromatic carbocycles. The molecule has 2 heterocycles. The number of amides is 1. The normalized spacial score (nSPS) is 14.9. The van der Waals surface area contributed by atoms with Crippen molar-refractivity contribution in [1.82, 2.24) is 15.1 Å². The van der Waals surface area contributed by atoms with Crippen LogP contribution in [0.15, 0.2) is 30.6 Å². The summed E-state index contributed by atoms with van der Waals surface area (Å²) in [5, 5.41) is 6.49. The summed E-state index contributed by atoms with van der Waals surface area (Å²) in [5.41, 5.74) is 4.19. The van der Waals surface area contributed by atoms with Crippen LogP contribution < -0.4 is 4.90 Å². The highest BCUT2D eigenvalue weighted by Crippen LogP contribution is 2.24. The van der Waals surface area contributed by atoms with Crippen molar-refractivity contribution in [3.63, 3.8) is 0 Å². The highest BCUT2D eigenvalue weighted by molar-refractivity contribution is 6.05. The van der Waals surface area contributed by atoms with Crippen LogP contribution in [0.25, 0.3) is 0 Å². The third kappa shape index (κ3) is 2.32. The third-order valence-corrected chi connectivity index (χ3v) is 3.83. The van der Waals surface area contributed by atoms with Gasteiger partial charge in [-0.25, -0.2) is 0 Å². The van der Waals surface area contributed by atoms with Crippen LogP contribution >= 0.6 is 0 Å². The van der Waals surface area contributed by atoms with Crippen LogP contribution in [0.4, 0.5) is 5.69 Å². The van der Waals surface area contributed by atoms with Gasteiger partial charge in [-0.3, -0.25) is 9.89 Å². The lowest BCUT2D eigenvalue weighted by Gasteiger charge is -2.26. The molecule has 2 aromatic rings. The van der Waals surface area contributed by atoms with Gasteiger partial charge in [0, 0.05) is 32.0 Å². The number of aromatic amines is 1. The molecule has 104 valence electrons. The van der Waals surface area contributed by atoms with E-state index in [0.717, 1.165) is 25.2 Å². The molecule has 1 aliphatic heterocycles. The predicted octanol–water partition coefficient (Wildman–Crippen LogP) is 1.67. The highest BCUT2D eigenvalue weighted by atomic mass is 16.2. The monoisotopic (exact) mass is 270 g/mol. The van der Waals surface area contributed by atoms with Gasteiger partial charge >= 0.3 is 0 Å². The molecule has 1 aliphatic rings. The number of fused-ring (bicyclic) bond motifs is 1. The second kappa shape index (κ2) is 5.09.